The highest BCUT2D eigenvalue weighted by molar-refractivity contribution is 5.81. The summed E-state index contributed by atoms with van der Waals surface area (Å²) in [5, 5.41) is 9.68. The first-order valence-electron chi connectivity index (χ1n) is 13.5. The van der Waals surface area contributed by atoms with Crippen molar-refractivity contribution < 1.29 is 24.2 Å². The second-order valence-electron chi connectivity index (χ2n) is 11.5. The number of piperidine rings is 2. The van der Waals surface area contributed by atoms with Crippen molar-refractivity contribution in [2.75, 3.05) is 32.8 Å². The molecule has 2 heterocycles. The number of rotatable bonds is 5. The van der Waals surface area contributed by atoms with E-state index in [1.807, 2.05) is 37.8 Å². The molecule has 4 rings (SSSR count). The van der Waals surface area contributed by atoms with E-state index >= 15 is 0 Å². The van der Waals surface area contributed by atoms with E-state index in [4.69, 9.17) is 9.47 Å². The zero-order chi connectivity index (χ0) is 25.7. The molecule has 1 atom stereocenters. The van der Waals surface area contributed by atoms with E-state index in [9.17, 15) is 14.7 Å². The fraction of sp³-hybridized carbons (Fsp3) is 0.655. The number of ether oxygens (including phenoxy) is 2. The van der Waals surface area contributed by atoms with Gasteiger partial charge in [0.1, 0.15) is 11.4 Å². The molecule has 7 nitrogen and oxygen atoms in total. The Morgan fingerprint density at radius 1 is 0.944 bits per heavy atom. The number of benzene rings is 1. The van der Waals surface area contributed by atoms with Crippen molar-refractivity contribution in [2.45, 2.75) is 77.4 Å². The van der Waals surface area contributed by atoms with Crippen LogP contribution in [0.2, 0.25) is 0 Å². The van der Waals surface area contributed by atoms with Crippen LogP contribution >= 0.6 is 0 Å². The molecule has 0 radical (unpaired) electrons. The van der Waals surface area contributed by atoms with Gasteiger partial charge in [0.2, 0.25) is 5.91 Å². The van der Waals surface area contributed by atoms with Crippen molar-refractivity contribution in [1.82, 2.24) is 9.80 Å². The summed E-state index contributed by atoms with van der Waals surface area (Å²) in [5.41, 5.74) is 2.03. The summed E-state index contributed by atoms with van der Waals surface area (Å²) < 4.78 is 11.5. The van der Waals surface area contributed by atoms with Gasteiger partial charge in [0.05, 0.1) is 12.7 Å². The minimum Gasteiger partial charge on any atom is -0.493 e. The molecule has 1 aromatic rings. The molecule has 1 aromatic carbocycles. The minimum absolute atomic E-state index is 0.0633. The fourth-order valence-corrected chi connectivity index (χ4v) is 5.25. The molecule has 0 saturated carbocycles. The summed E-state index contributed by atoms with van der Waals surface area (Å²) in [6.45, 7) is 9.10. The van der Waals surface area contributed by atoms with Gasteiger partial charge >= 0.3 is 6.09 Å². The lowest BCUT2D eigenvalue weighted by atomic mass is 9.85. The Bertz CT molecular complexity index is 920. The normalized spacial score (nSPS) is 22.2. The summed E-state index contributed by atoms with van der Waals surface area (Å²) in [5.74, 6) is 1.61. The van der Waals surface area contributed by atoms with Crippen molar-refractivity contribution in [3.63, 3.8) is 0 Å². The number of aliphatic hydroxyl groups is 1. The predicted molar refractivity (Wildman–Crippen MR) is 140 cm³/mol. The molecular weight excluding hydrogens is 456 g/mol. The number of amides is 2. The molecule has 2 amide bonds. The topological polar surface area (TPSA) is 79.3 Å². The summed E-state index contributed by atoms with van der Waals surface area (Å²) in [6, 6.07) is 8.28. The van der Waals surface area contributed by atoms with Gasteiger partial charge in [0, 0.05) is 32.1 Å². The first kappa shape index (κ1) is 26.5. The van der Waals surface area contributed by atoms with E-state index in [2.05, 4.69) is 18.2 Å². The van der Waals surface area contributed by atoms with E-state index in [1.165, 1.54) is 11.1 Å². The Labute approximate surface area is 215 Å². The lowest BCUT2D eigenvalue weighted by molar-refractivity contribution is -0.137. The third-order valence-electron chi connectivity index (χ3n) is 7.51. The molecule has 2 saturated heterocycles. The molecule has 7 heteroatoms. The summed E-state index contributed by atoms with van der Waals surface area (Å²) in [4.78, 5) is 28.8. The number of nitrogens with zero attached hydrogens (tertiary/aromatic N) is 2. The molecule has 1 unspecified atom stereocenters. The van der Waals surface area contributed by atoms with Crippen LogP contribution in [0.3, 0.4) is 0 Å². The number of likely N-dealkylation sites (tertiary alicyclic amines) is 2. The summed E-state index contributed by atoms with van der Waals surface area (Å²) in [7, 11) is 0. The SMILES string of the molecule is CC(C)(C)OC(=O)N1CCC(COc2ccc(C3=CCC(C(=O)N4CCC(O)CC4)CC3)cc2)CC1. The van der Waals surface area contributed by atoms with Gasteiger partial charge in [-0.25, -0.2) is 4.79 Å². The van der Waals surface area contributed by atoms with Gasteiger partial charge in [-0.3, -0.25) is 4.79 Å². The van der Waals surface area contributed by atoms with Crippen molar-refractivity contribution in [1.29, 1.82) is 0 Å². The van der Waals surface area contributed by atoms with Gasteiger partial charge in [-0.15, -0.1) is 0 Å². The maximum atomic E-state index is 12.8. The molecule has 1 N–H and O–H groups in total. The molecule has 0 aromatic heterocycles. The van der Waals surface area contributed by atoms with Gasteiger partial charge in [0.25, 0.3) is 0 Å². The number of hydrogen-bond acceptors (Lipinski definition) is 5. The number of carbonyl (C=O) groups excluding carboxylic acids is 2. The van der Waals surface area contributed by atoms with Crippen LogP contribution < -0.4 is 4.74 Å². The molecular formula is C29H42N2O5. The van der Waals surface area contributed by atoms with Crippen LogP contribution in [0.25, 0.3) is 5.57 Å². The highest BCUT2D eigenvalue weighted by Gasteiger charge is 2.29. The maximum Gasteiger partial charge on any atom is 0.410 e. The van der Waals surface area contributed by atoms with Crippen molar-refractivity contribution >= 4 is 17.6 Å². The first-order valence-corrected chi connectivity index (χ1v) is 13.5. The Kier molecular flexibility index (Phi) is 8.60. The predicted octanol–water partition coefficient (Wildman–Crippen LogP) is 4.88. The van der Waals surface area contributed by atoms with E-state index < -0.39 is 5.60 Å². The molecule has 36 heavy (non-hydrogen) atoms. The lowest BCUT2D eigenvalue weighted by Crippen LogP contribution is -2.43. The summed E-state index contributed by atoms with van der Waals surface area (Å²) >= 11 is 0. The number of hydrogen-bond donors (Lipinski definition) is 1. The molecule has 1 aliphatic carbocycles. The van der Waals surface area contributed by atoms with Gasteiger partial charge in [0.15, 0.2) is 0 Å². The van der Waals surface area contributed by atoms with Crippen LogP contribution in [0.15, 0.2) is 30.3 Å². The van der Waals surface area contributed by atoms with Crippen LogP contribution in [0.1, 0.15) is 71.3 Å². The number of aliphatic hydroxyl groups excluding tert-OH is 1. The minimum atomic E-state index is -0.464. The Hall–Kier alpha value is -2.54. The van der Waals surface area contributed by atoms with E-state index in [-0.39, 0.29) is 24.0 Å². The van der Waals surface area contributed by atoms with E-state index in [0.29, 0.717) is 51.5 Å². The Balaban J connectivity index is 1.20. The standard InChI is InChI=1S/C29H42N2O5/c1-29(2,3)36-28(34)31-16-12-21(13-17-31)20-35-26-10-8-23(9-11-26)22-4-6-24(7-5-22)27(33)30-18-14-25(32)15-19-30/h4,8-11,21,24-25,32H,5-7,12-20H2,1-3H3. The van der Waals surface area contributed by atoms with E-state index in [0.717, 1.165) is 37.9 Å². The van der Waals surface area contributed by atoms with Gasteiger partial charge in [-0.05, 0) is 94.9 Å². The molecule has 2 fully saturated rings. The maximum absolute atomic E-state index is 12.8. The van der Waals surface area contributed by atoms with Crippen LogP contribution in [0.5, 0.6) is 5.75 Å². The molecule has 2 aliphatic heterocycles. The highest BCUT2D eigenvalue weighted by atomic mass is 16.6. The molecule has 0 bridgehead atoms. The van der Waals surface area contributed by atoms with Crippen LogP contribution in [-0.4, -0.2) is 71.4 Å². The second kappa shape index (κ2) is 11.7. The zero-order valence-electron chi connectivity index (χ0n) is 22.1. The Morgan fingerprint density at radius 2 is 1.58 bits per heavy atom. The van der Waals surface area contributed by atoms with Crippen LogP contribution in [0.4, 0.5) is 4.79 Å². The molecule has 198 valence electrons. The third-order valence-corrected chi connectivity index (χ3v) is 7.51. The number of carbonyl (C=O) groups is 2. The average molecular weight is 499 g/mol. The third kappa shape index (κ3) is 7.25. The molecule has 3 aliphatic rings. The highest BCUT2D eigenvalue weighted by Crippen LogP contribution is 2.32. The fourth-order valence-electron chi connectivity index (χ4n) is 5.25. The van der Waals surface area contributed by atoms with Gasteiger partial charge < -0.3 is 24.4 Å². The van der Waals surface area contributed by atoms with E-state index in [1.54, 1.807) is 4.90 Å². The smallest absolute Gasteiger partial charge is 0.410 e. The first-order chi connectivity index (χ1) is 17.2. The molecule has 0 spiro atoms. The average Bonchev–Trinajstić information content (AvgIpc) is 2.87. The zero-order valence-corrected chi connectivity index (χ0v) is 22.1. The van der Waals surface area contributed by atoms with Crippen LogP contribution in [-0.2, 0) is 9.53 Å². The van der Waals surface area contributed by atoms with Crippen molar-refractivity contribution in [3.8, 4) is 5.75 Å². The van der Waals surface area contributed by atoms with Gasteiger partial charge in [-0.2, -0.15) is 0 Å². The quantitative estimate of drug-likeness (QED) is 0.626. The largest absolute Gasteiger partial charge is 0.493 e. The lowest BCUT2D eigenvalue weighted by Gasteiger charge is -2.33. The van der Waals surface area contributed by atoms with Gasteiger partial charge in [-0.1, -0.05) is 18.2 Å². The second-order valence-corrected chi connectivity index (χ2v) is 11.5. The van der Waals surface area contributed by atoms with Crippen molar-refractivity contribution in [2.24, 2.45) is 11.8 Å². The Morgan fingerprint density at radius 3 is 2.17 bits per heavy atom. The van der Waals surface area contributed by atoms with Crippen LogP contribution in [0, 0.1) is 11.8 Å². The number of allylic oxidation sites excluding steroid dienone is 2. The summed E-state index contributed by atoms with van der Waals surface area (Å²) in [6.07, 6.45) is 7.54. The van der Waals surface area contributed by atoms with Crippen molar-refractivity contribution in [3.05, 3.63) is 35.9 Å². The monoisotopic (exact) mass is 498 g/mol.